The zero-order chi connectivity index (χ0) is 8.20. The Morgan fingerprint density at radius 3 is 2.40 bits per heavy atom. The van der Waals surface area contributed by atoms with Crippen molar-refractivity contribution in [3.63, 3.8) is 0 Å². The van der Waals surface area contributed by atoms with Crippen LogP contribution in [0.1, 0.15) is 0 Å². The van der Waals surface area contributed by atoms with E-state index >= 15 is 0 Å². The number of rotatable bonds is 1. The zero-order valence-electron chi connectivity index (χ0n) is 4.60. The maximum absolute atomic E-state index is 11.2. The van der Waals surface area contributed by atoms with Crippen molar-refractivity contribution < 1.29 is 22.7 Å². The number of hydrogen-bond donors (Lipinski definition) is 0. The second kappa shape index (κ2) is 3.06. The second-order valence-corrected chi connectivity index (χ2v) is 1.30. The minimum Gasteiger partial charge on any atom is -0.445 e. The third kappa shape index (κ3) is 4.90. The number of halogens is 3. The topological polar surface area (TPSA) is 50.1 Å². The number of carbonyl (C=O) groups excluding carboxylic acids is 1. The van der Waals surface area contributed by atoms with E-state index in [1.54, 1.807) is 0 Å². The van der Waals surface area contributed by atoms with Crippen molar-refractivity contribution in [1.82, 2.24) is 0 Å². The fraction of sp³-hybridized carbons (Fsp3) is 0.500. The number of nitriles is 1. The number of alkyl halides is 3. The molecule has 0 atom stereocenters. The Morgan fingerprint density at radius 1 is 1.60 bits per heavy atom. The SMILES string of the molecule is N#CC(=O)OCC(F)(F)F. The molecule has 0 rings (SSSR count). The van der Waals surface area contributed by atoms with E-state index in [1.807, 2.05) is 0 Å². The van der Waals surface area contributed by atoms with Crippen LogP contribution in [0.5, 0.6) is 0 Å². The lowest BCUT2D eigenvalue weighted by molar-refractivity contribution is -0.182. The molecule has 0 spiro atoms. The van der Waals surface area contributed by atoms with Gasteiger partial charge in [0.1, 0.15) is 0 Å². The van der Waals surface area contributed by atoms with Crippen LogP contribution in [-0.2, 0) is 9.53 Å². The highest BCUT2D eigenvalue weighted by molar-refractivity contribution is 5.85. The van der Waals surface area contributed by atoms with E-state index in [1.165, 1.54) is 0 Å². The first-order valence-electron chi connectivity index (χ1n) is 2.09. The Kier molecular flexibility index (Phi) is 2.67. The monoisotopic (exact) mass is 153 g/mol. The van der Waals surface area contributed by atoms with Crippen molar-refractivity contribution in [2.75, 3.05) is 6.61 Å². The average Bonchev–Trinajstić information content (AvgIpc) is 1.81. The summed E-state index contributed by atoms with van der Waals surface area (Å²) in [6.45, 7) is -1.71. The van der Waals surface area contributed by atoms with Crippen molar-refractivity contribution in [3.05, 3.63) is 0 Å². The molecule has 0 aromatic rings. The summed E-state index contributed by atoms with van der Waals surface area (Å²) in [4.78, 5) is 9.78. The molecule has 3 nitrogen and oxygen atoms in total. The van der Waals surface area contributed by atoms with Gasteiger partial charge in [-0.15, -0.1) is 0 Å². The Bertz CT molecular complexity index is 168. The van der Waals surface area contributed by atoms with Gasteiger partial charge in [-0.1, -0.05) is 0 Å². The van der Waals surface area contributed by atoms with Gasteiger partial charge in [0, 0.05) is 0 Å². The molecular weight excluding hydrogens is 151 g/mol. The summed E-state index contributed by atoms with van der Waals surface area (Å²) in [5, 5.41) is 7.64. The second-order valence-electron chi connectivity index (χ2n) is 1.30. The smallest absolute Gasteiger partial charge is 0.422 e. The van der Waals surface area contributed by atoms with Crippen LogP contribution in [-0.4, -0.2) is 18.8 Å². The molecule has 0 aromatic carbocycles. The third-order valence-electron chi connectivity index (χ3n) is 0.458. The molecule has 10 heavy (non-hydrogen) atoms. The summed E-state index contributed by atoms with van der Waals surface area (Å²) >= 11 is 0. The number of hydrogen-bond acceptors (Lipinski definition) is 3. The highest BCUT2D eigenvalue weighted by atomic mass is 19.4. The van der Waals surface area contributed by atoms with E-state index in [0.717, 1.165) is 6.07 Å². The Balaban J connectivity index is 3.58. The van der Waals surface area contributed by atoms with Gasteiger partial charge in [-0.25, -0.2) is 4.79 Å². The van der Waals surface area contributed by atoms with E-state index < -0.39 is 18.8 Å². The van der Waals surface area contributed by atoms with Crippen LogP contribution in [0.4, 0.5) is 13.2 Å². The number of esters is 1. The first-order chi connectivity index (χ1) is 4.45. The maximum atomic E-state index is 11.2. The molecule has 0 aliphatic carbocycles. The fourth-order valence-corrected chi connectivity index (χ4v) is 0.180. The molecule has 6 heteroatoms. The molecule has 0 aromatic heterocycles. The summed E-state index contributed by atoms with van der Waals surface area (Å²) in [6.07, 6.45) is -4.56. The van der Waals surface area contributed by atoms with Crippen molar-refractivity contribution in [2.45, 2.75) is 6.18 Å². The molecule has 0 heterocycles. The molecule has 0 fully saturated rings. The lowest BCUT2D eigenvalue weighted by atomic mass is 10.7. The molecular formula is C4H2F3NO2. The molecule has 0 saturated heterocycles. The van der Waals surface area contributed by atoms with Gasteiger partial charge in [-0.2, -0.15) is 18.4 Å². The first kappa shape index (κ1) is 8.75. The van der Waals surface area contributed by atoms with Crippen LogP contribution >= 0.6 is 0 Å². The number of ether oxygens (including phenoxy) is 1. The largest absolute Gasteiger partial charge is 0.445 e. The van der Waals surface area contributed by atoms with Crippen LogP contribution in [0.2, 0.25) is 0 Å². The van der Waals surface area contributed by atoms with Gasteiger partial charge in [0.2, 0.25) is 0 Å². The van der Waals surface area contributed by atoms with Gasteiger partial charge < -0.3 is 4.74 Å². The molecule has 0 aliphatic rings. The molecule has 0 N–H and O–H groups in total. The Morgan fingerprint density at radius 2 is 2.10 bits per heavy atom. The number of carbonyl (C=O) groups is 1. The molecule has 0 saturated carbocycles. The maximum Gasteiger partial charge on any atom is 0.422 e. The normalized spacial score (nSPS) is 10.2. The summed E-state index contributed by atoms with van der Waals surface area (Å²) in [7, 11) is 0. The van der Waals surface area contributed by atoms with Crippen molar-refractivity contribution in [2.24, 2.45) is 0 Å². The van der Waals surface area contributed by atoms with Crippen LogP contribution in [0, 0.1) is 11.3 Å². The van der Waals surface area contributed by atoms with Gasteiger partial charge >= 0.3 is 12.1 Å². The summed E-state index contributed by atoms with van der Waals surface area (Å²) in [5.41, 5.74) is 0. The van der Waals surface area contributed by atoms with Crippen LogP contribution in [0.15, 0.2) is 0 Å². The number of nitrogens with zero attached hydrogens (tertiary/aromatic N) is 1. The first-order valence-corrected chi connectivity index (χ1v) is 2.09. The molecule has 0 radical (unpaired) electrons. The predicted octanol–water partition coefficient (Wildman–Crippen LogP) is 0.615. The molecule has 0 bridgehead atoms. The van der Waals surface area contributed by atoms with E-state index in [-0.39, 0.29) is 0 Å². The van der Waals surface area contributed by atoms with Crippen molar-refractivity contribution in [1.29, 1.82) is 5.26 Å². The van der Waals surface area contributed by atoms with E-state index in [2.05, 4.69) is 4.74 Å². The Hall–Kier alpha value is -1.25. The Labute approximate surface area is 54.0 Å². The fourth-order valence-electron chi connectivity index (χ4n) is 0.180. The standard InChI is InChI=1S/C4H2F3NO2/c5-4(6,7)2-10-3(9)1-8/h2H2. The van der Waals surface area contributed by atoms with Crippen LogP contribution in [0.3, 0.4) is 0 Å². The lowest BCUT2D eigenvalue weighted by Gasteiger charge is -2.03. The van der Waals surface area contributed by atoms with Gasteiger partial charge in [-0.05, 0) is 0 Å². The zero-order valence-corrected chi connectivity index (χ0v) is 4.60. The summed E-state index contributed by atoms with van der Waals surface area (Å²) < 4.78 is 36.9. The minimum absolute atomic E-state index is 0.876. The third-order valence-corrected chi connectivity index (χ3v) is 0.458. The highest BCUT2D eigenvalue weighted by Crippen LogP contribution is 2.14. The summed E-state index contributed by atoms with van der Waals surface area (Å²) in [6, 6.07) is 0.876. The highest BCUT2D eigenvalue weighted by Gasteiger charge is 2.29. The van der Waals surface area contributed by atoms with Gasteiger partial charge in [0.15, 0.2) is 12.7 Å². The summed E-state index contributed by atoms with van der Waals surface area (Å²) in [5.74, 6) is -1.53. The van der Waals surface area contributed by atoms with E-state index in [0.29, 0.717) is 0 Å². The molecule has 0 aliphatic heterocycles. The molecule has 0 amide bonds. The predicted molar refractivity (Wildman–Crippen MR) is 22.6 cm³/mol. The van der Waals surface area contributed by atoms with Gasteiger partial charge in [-0.3, -0.25) is 0 Å². The van der Waals surface area contributed by atoms with E-state index in [4.69, 9.17) is 5.26 Å². The molecule has 0 unspecified atom stereocenters. The van der Waals surface area contributed by atoms with Gasteiger partial charge in [0.25, 0.3) is 0 Å². The molecule has 56 valence electrons. The minimum atomic E-state index is -4.56. The van der Waals surface area contributed by atoms with Crippen molar-refractivity contribution >= 4 is 5.97 Å². The van der Waals surface area contributed by atoms with Crippen LogP contribution < -0.4 is 0 Å². The van der Waals surface area contributed by atoms with Gasteiger partial charge in [0.05, 0.1) is 0 Å². The lowest BCUT2D eigenvalue weighted by Crippen LogP contribution is -2.19. The average molecular weight is 153 g/mol. The quantitative estimate of drug-likeness (QED) is 0.409. The van der Waals surface area contributed by atoms with Crippen LogP contribution in [0.25, 0.3) is 0 Å². The van der Waals surface area contributed by atoms with E-state index in [9.17, 15) is 18.0 Å². The van der Waals surface area contributed by atoms with Crippen molar-refractivity contribution in [3.8, 4) is 6.07 Å².